The highest BCUT2D eigenvalue weighted by Crippen LogP contribution is 2.20. The fraction of sp³-hybridized carbons (Fsp3) is 0.182. The van der Waals surface area contributed by atoms with Crippen LogP contribution in [0.25, 0.3) is 5.69 Å². The summed E-state index contributed by atoms with van der Waals surface area (Å²) in [5.41, 5.74) is 6.89. The van der Waals surface area contributed by atoms with Gasteiger partial charge in [0.1, 0.15) is 5.82 Å². The number of aromatic nitrogens is 2. The van der Waals surface area contributed by atoms with Gasteiger partial charge >= 0.3 is 5.76 Å². The summed E-state index contributed by atoms with van der Waals surface area (Å²) in [6.45, 7) is 1.77. The molecular weight excluding hydrogens is 276 g/mol. The number of aryl methyl sites for hydroxylation is 1. The van der Waals surface area contributed by atoms with Gasteiger partial charge in [-0.3, -0.25) is 0 Å². The second-order valence-electron chi connectivity index (χ2n) is 3.94. The highest BCUT2D eigenvalue weighted by molar-refractivity contribution is 7.91. The number of alkyl halides is 2. The molecule has 2 N–H and O–H groups in total. The van der Waals surface area contributed by atoms with Crippen LogP contribution in [0.1, 0.15) is 5.56 Å². The molecule has 0 bridgehead atoms. The predicted molar refractivity (Wildman–Crippen MR) is 65.9 cm³/mol. The summed E-state index contributed by atoms with van der Waals surface area (Å²) in [6, 6.07) is 5.01. The van der Waals surface area contributed by atoms with Gasteiger partial charge in [0.2, 0.25) is 9.84 Å². The first-order valence-corrected chi connectivity index (χ1v) is 6.81. The third-order valence-electron chi connectivity index (χ3n) is 2.60. The van der Waals surface area contributed by atoms with Crippen molar-refractivity contribution in [2.45, 2.75) is 17.6 Å². The SMILES string of the molecule is Cc1cn(-c2ccc(S(=O)(=O)C(F)F)cc2)nc1N. The zero-order valence-electron chi connectivity index (χ0n) is 9.92. The van der Waals surface area contributed by atoms with E-state index in [4.69, 9.17) is 5.73 Å². The molecule has 0 amide bonds. The third kappa shape index (κ3) is 2.43. The number of hydrogen-bond donors (Lipinski definition) is 1. The van der Waals surface area contributed by atoms with Crippen molar-refractivity contribution < 1.29 is 17.2 Å². The van der Waals surface area contributed by atoms with Crippen molar-refractivity contribution in [2.75, 3.05) is 5.73 Å². The average Bonchev–Trinajstić information content (AvgIpc) is 2.69. The standard InChI is InChI=1S/C11H11F2N3O2S/c1-7-6-16(15-10(7)14)8-2-4-9(5-3-8)19(17,18)11(12)13/h2-6,11H,1H3,(H2,14,15). The van der Waals surface area contributed by atoms with Crippen molar-refractivity contribution >= 4 is 15.7 Å². The Kier molecular flexibility index (Phi) is 3.27. The molecule has 0 saturated heterocycles. The average molecular weight is 287 g/mol. The van der Waals surface area contributed by atoms with E-state index in [1.165, 1.54) is 16.8 Å². The highest BCUT2D eigenvalue weighted by Gasteiger charge is 2.26. The lowest BCUT2D eigenvalue weighted by molar-refractivity contribution is 0.234. The Hall–Kier alpha value is -1.96. The molecule has 0 aliphatic heterocycles. The Morgan fingerprint density at radius 1 is 1.26 bits per heavy atom. The maximum absolute atomic E-state index is 12.4. The molecule has 0 fully saturated rings. The number of benzene rings is 1. The number of nitrogens with zero attached hydrogens (tertiary/aromatic N) is 2. The highest BCUT2D eigenvalue weighted by atomic mass is 32.2. The summed E-state index contributed by atoms with van der Waals surface area (Å²) in [6.07, 6.45) is 1.66. The monoisotopic (exact) mass is 287 g/mol. The minimum atomic E-state index is -4.57. The second-order valence-corrected chi connectivity index (χ2v) is 5.86. The molecule has 2 aromatic rings. The Bertz CT molecular complexity index is 674. The van der Waals surface area contributed by atoms with Crippen LogP contribution in [0.3, 0.4) is 0 Å². The molecular formula is C11H11F2N3O2S. The lowest BCUT2D eigenvalue weighted by Gasteiger charge is -2.05. The molecule has 0 unspecified atom stereocenters. The zero-order valence-corrected chi connectivity index (χ0v) is 10.7. The molecule has 0 atom stereocenters. The van der Waals surface area contributed by atoms with Crippen LogP contribution < -0.4 is 5.73 Å². The van der Waals surface area contributed by atoms with Gasteiger partial charge in [-0.1, -0.05) is 0 Å². The van der Waals surface area contributed by atoms with Gasteiger partial charge in [-0.25, -0.2) is 13.1 Å². The molecule has 0 spiro atoms. The van der Waals surface area contributed by atoms with Crippen LogP contribution in [0.2, 0.25) is 0 Å². The Morgan fingerprint density at radius 2 is 1.84 bits per heavy atom. The topological polar surface area (TPSA) is 78.0 Å². The zero-order chi connectivity index (χ0) is 14.2. The van der Waals surface area contributed by atoms with Gasteiger partial charge in [-0.15, -0.1) is 0 Å². The number of anilines is 1. The van der Waals surface area contributed by atoms with E-state index in [1.54, 1.807) is 13.1 Å². The first kappa shape index (κ1) is 13.5. The van der Waals surface area contributed by atoms with Crippen molar-refractivity contribution in [3.63, 3.8) is 0 Å². The van der Waals surface area contributed by atoms with Crippen molar-refractivity contribution in [2.24, 2.45) is 0 Å². The molecule has 8 heteroatoms. The van der Waals surface area contributed by atoms with Crippen molar-refractivity contribution in [1.29, 1.82) is 0 Å². The molecule has 1 aromatic carbocycles. The molecule has 2 rings (SSSR count). The van der Waals surface area contributed by atoms with Gasteiger partial charge in [-0.2, -0.15) is 13.9 Å². The molecule has 19 heavy (non-hydrogen) atoms. The molecule has 1 heterocycles. The summed E-state index contributed by atoms with van der Waals surface area (Å²) in [5.74, 6) is -3.08. The molecule has 0 saturated carbocycles. The number of hydrogen-bond acceptors (Lipinski definition) is 4. The fourth-order valence-electron chi connectivity index (χ4n) is 1.50. The van der Waals surface area contributed by atoms with Crippen LogP contribution in [0.5, 0.6) is 0 Å². The van der Waals surface area contributed by atoms with E-state index in [0.29, 0.717) is 11.5 Å². The Labute approximate surface area is 108 Å². The third-order valence-corrected chi connectivity index (χ3v) is 4.00. The maximum Gasteiger partial charge on any atom is 0.341 e. The van der Waals surface area contributed by atoms with Crippen LogP contribution >= 0.6 is 0 Å². The van der Waals surface area contributed by atoms with Gasteiger partial charge < -0.3 is 5.73 Å². The lowest BCUT2D eigenvalue weighted by Crippen LogP contribution is -2.11. The summed E-state index contributed by atoms with van der Waals surface area (Å²) in [4.78, 5) is -0.428. The van der Waals surface area contributed by atoms with E-state index in [-0.39, 0.29) is 0 Å². The smallest absolute Gasteiger partial charge is 0.341 e. The summed E-state index contributed by atoms with van der Waals surface area (Å²) >= 11 is 0. The largest absolute Gasteiger partial charge is 0.382 e. The first-order valence-electron chi connectivity index (χ1n) is 5.26. The minimum Gasteiger partial charge on any atom is -0.382 e. The number of nitrogen functional groups attached to an aromatic ring is 1. The van der Waals surface area contributed by atoms with Gasteiger partial charge in [0.05, 0.1) is 10.6 Å². The van der Waals surface area contributed by atoms with Crippen LogP contribution in [0.4, 0.5) is 14.6 Å². The maximum atomic E-state index is 12.4. The normalized spacial score (nSPS) is 12.0. The minimum absolute atomic E-state index is 0.351. The second kappa shape index (κ2) is 4.61. The van der Waals surface area contributed by atoms with Crippen molar-refractivity contribution in [1.82, 2.24) is 9.78 Å². The number of nitrogens with two attached hydrogens (primary N) is 1. The van der Waals surface area contributed by atoms with Crippen LogP contribution in [0, 0.1) is 6.92 Å². The molecule has 0 aliphatic carbocycles. The van der Waals surface area contributed by atoms with Gasteiger partial charge in [0, 0.05) is 11.8 Å². The number of rotatable bonds is 3. The van der Waals surface area contributed by atoms with E-state index >= 15 is 0 Å². The molecule has 102 valence electrons. The predicted octanol–water partition coefficient (Wildman–Crippen LogP) is 1.76. The first-order chi connectivity index (χ1) is 8.82. The van der Waals surface area contributed by atoms with E-state index in [0.717, 1.165) is 17.7 Å². The van der Waals surface area contributed by atoms with Crippen LogP contribution in [0.15, 0.2) is 35.4 Å². The van der Waals surface area contributed by atoms with Crippen LogP contribution in [-0.2, 0) is 9.84 Å². The number of halogens is 2. The van der Waals surface area contributed by atoms with E-state index in [9.17, 15) is 17.2 Å². The number of sulfone groups is 1. The van der Waals surface area contributed by atoms with Gasteiger partial charge in [0.15, 0.2) is 0 Å². The fourth-order valence-corrected chi connectivity index (χ4v) is 2.22. The molecule has 5 nitrogen and oxygen atoms in total. The molecule has 0 aliphatic rings. The summed E-state index contributed by atoms with van der Waals surface area (Å²) < 4.78 is 48.7. The Balaban J connectivity index is 2.39. The molecule has 1 aromatic heterocycles. The van der Waals surface area contributed by atoms with Crippen molar-refractivity contribution in [3.05, 3.63) is 36.0 Å². The Morgan fingerprint density at radius 3 is 2.26 bits per heavy atom. The summed E-state index contributed by atoms with van der Waals surface area (Å²) in [7, 11) is -4.57. The van der Waals surface area contributed by atoms with Crippen molar-refractivity contribution in [3.8, 4) is 5.69 Å². The van der Waals surface area contributed by atoms with E-state index < -0.39 is 20.5 Å². The van der Waals surface area contributed by atoms with E-state index in [2.05, 4.69) is 5.10 Å². The van der Waals surface area contributed by atoms with Gasteiger partial charge in [0.25, 0.3) is 0 Å². The summed E-state index contributed by atoms with van der Waals surface area (Å²) in [5, 5.41) is 4.00. The van der Waals surface area contributed by atoms with E-state index in [1.807, 2.05) is 0 Å². The lowest BCUT2D eigenvalue weighted by atomic mass is 10.3. The molecule has 0 radical (unpaired) electrons. The van der Waals surface area contributed by atoms with Crippen LogP contribution in [-0.4, -0.2) is 24.0 Å². The van der Waals surface area contributed by atoms with Gasteiger partial charge in [-0.05, 0) is 31.2 Å². The quantitative estimate of drug-likeness (QED) is 0.933.